The minimum absolute atomic E-state index is 0.645. The standard InChI is InChI=1S/C14H21ClN4/c1-2-7-16-14-17-8-12(15)13(18-14)19(11-5-6-11)9-10-3-4-10/h8,10-11H,2-7,9H2,1H3,(H,16,17,18). The summed E-state index contributed by atoms with van der Waals surface area (Å²) in [4.78, 5) is 11.3. The predicted octanol–water partition coefficient (Wildman–Crippen LogP) is 3.33. The summed E-state index contributed by atoms with van der Waals surface area (Å²) in [6, 6.07) is 0.645. The number of anilines is 2. The van der Waals surface area contributed by atoms with Crippen molar-refractivity contribution in [3.63, 3.8) is 0 Å². The summed E-state index contributed by atoms with van der Waals surface area (Å²) < 4.78 is 0. The largest absolute Gasteiger partial charge is 0.354 e. The minimum atomic E-state index is 0.645. The molecule has 0 saturated heterocycles. The molecular weight excluding hydrogens is 260 g/mol. The summed E-state index contributed by atoms with van der Waals surface area (Å²) in [7, 11) is 0. The zero-order chi connectivity index (χ0) is 13.2. The molecular formula is C14H21ClN4. The maximum atomic E-state index is 6.31. The first-order chi connectivity index (χ1) is 9.28. The Balaban J connectivity index is 1.78. The lowest BCUT2D eigenvalue weighted by atomic mass is 10.3. The van der Waals surface area contributed by atoms with Crippen molar-refractivity contribution < 1.29 is 0 Å². The van der Waals surface area contributed by atoms with Gasteiger partial charge in [0.05, 0.1) is 6.20 Å². The number of nitrogens with one attached hydrogen (secondary N) is 1. The SMILES string of the molecule is CCCNc1ncc(Cl)c(N(CC2CC2)C2CC2)n1. The molecule has 1 aromatic heterocycles. The second kappa shape index (κ2) is 5.53. The third-order valence-electron chi connectivity index (χ3n) is 3.67. The van der Waals surface area contributed by atoms with Gasteiger partial charge in [0.1, 0.15) is 5.02 Å². The molecule has 1 N–H and O–H groups in total. The highest BCUT2D eigenvalue weighted by Crippen LogP contribution is 2.39. The third-order valence-corrected chi connectivity index (χ3v) is 3.94. The molecule has 0 amide bonds. The first-order valence-electron chi connectivity index (χ1n) is 7.31. The van der Waals surface area contributed by atoms with Crippen LogP contribution in [0.5, 0.6) is 0 Å². The average Bonchev–Trinajstić information content (AvgIpc) is 3.27. The highest BCUT2D eigenvalue weighted by Gasteiger charge is 2.35. The van der Waals surface area contributed by atoms with E-state index in [4.69, 9.17) is 11.6 Å². The summed E-state index contributed by atoms with van der Waals surface area (Å²) in [5, 5.41) is 3.91. The summed E-state index contributed by atoms with van der Waals surface area (Å²) in [6.07, 6.45) is 8.04. The maximum Gasteiger partial charge on any atom is 0.224 e. The van der Waals surface area contributed by atoms with Crippen LogP contribution in [0.25, 0.3) is 0 Å². The van der Waals surface area contributed by atoms with Crippen LogP contribution in [0.3, 0.4) is 0 Å². The van der Waals surface area contributed by atoms with Crippen molar-refractivity contribution in [2.75, 3.05) is 23.3 Å². The molecule has 0 bridgehead atoms. The molecule has 2 fully saturated rings. The molecule has 2 aliphatic carbocycles. The quantitative estimate of drug-likeness (QED) is 0.832. The maximum absolute atomic E-state index is 6.31. The van der Waals surface area contributed by atoms with Gasteiger partial charge in [-0.25, -0.2) is 4.98 Å². The zero-order valence-corrected chi connectivity index (χ0v) is 12.2. The van der Waals surface area contributed by atoms with Crippen LogP contribution >= 0.6 is 11.6 Å². The van der Waals surface area contributed by atoms with Crippen LogP contribution in [0.15, 0.2) is 6.20 Å². The van der Waals surface area contributed by atoms with Crippen molar-refractivity contribution in [3.05, 3.63) is 11.2 Å². The Morgan fingerprint density at radius 2 is 2.16 bits per heavy atom. The van der Waals surface area contributed by atoms with E-state index in [1.165, 1.54) is 25.7 Å². The van der Waals surface area contributed by atoms with E-state index in [2.05, 4.69) is 27.1 Å². The van der Waals surface area contributed by atoms with Crippen LogP contribution in [0.4, 0.5) is 11.8 Å². The molecule has 19 heavy (non-hydrogen) atoms. The Labute approximate surface area is 119 Å². The average molecular weight is 281 g/mol. The number of rotatable bonds is 7. The van der Waals surface area contributed by atoms with Gasteiger partial charge in [0.15, 0.2) is 5.82 Å². The van der Waals surface area contributed by atoms with Gasteiger partial charge in [-0.2, -0.15) is 4.98 Å². The van der Waals surface area contributed by atoms with E-state index in [0.29, 0.717) is 17.0 Å². The Bertz CT molecular complexity index is 443. The van der Waals surface area contributed by atoms with E-state index >= 15 is 0 Å². The topological polar surface area (TPSA) is 41.1 Å². The molecule has 3 rings (SSSR count). The summed E-state index contributed by atoms with van der Waals surface area (Å²) in [5.41, 5.74) is 0. The Hall–Kier alpha value is -1.03. The van der Waals surface area contributed by atoms with Gasteiger partial charge in [0, 0.05) is 19.1 Å². The summed E-state index contributed by atoms with van der Waals surface area (Å²) in [6.45, 7) is 4.13. The second-order valence-electron chi connectivity index (χ2n) is 5.62. The molecule has 2 aliphatic rings. The Morgan fingerprint density at radius 3 is 2.79 bits per heavy atom. The van der Waals surface area contributed by atoms with E-state index in [1.807, 2.05) is 0 Å². The number of aromatic nitrogens is 2. The van der Waals surface area contributed by atoms with Crippen molar-refractivity contribution in [2.24, 2.45) is 5.92 Å². The monoisotopic (exact) mass is 280 g/mol. The molecule has 104 valence electrons. The smallest absolute Gasteiger partial charge is 0.224 e. The van der Waals surface area contributed by atoms with Gasteiger partial charge in [-0.3, -0.25) is 0 Å². The molecule has 0 atom stereocenters. The van der Waals surface area contributed by atoms with Crippen molar-refractivity contribution in [1.82, 2.24) is 9.97 Å². The lowest BCUT2D eigenvalue weighted by Gasteiger charge is -2.24. The number of halogens is 1. The van der Waals surface area contributed by atoms with Crippen molar-refractivity contribution in [2.45, 2.75) is 45.1 Å². The highest BCUT2D eigenvalue weighted by molar-refractivity contribution is 6.32. The first kappa shape index (κ1) is 13.0. The molecule has 0 aliphatic heterocycles. The number of nitrogens with zero attached hydrogens (tertiary/aromatic N) is 3. The fourth-order valence-electron chi connectivity index (χ4n) is 2.25. The van der Waals surface area contributed by atoms with E-state index in [0.717, 1.165) is 31.2 Å². The van der Waals surface area contributed by atoms with E-state index in [9.17, 15) is 0 Å². The molecule has 4 nitrogen and oxygen atoms in total. The van der Waals surface area contributed by atoms with E-state index in [-0.39, 0.29) is 0 Å². The molecule has 2 saturated carbocycles. The van der Waals surface area contributed by atoms with Gasteiger partial charge >= 0.3 is 0 Å². The molecule has 0 radical (unpaired) electrons. The van der Waals surface area contributed by atoms with Crippen LogP contribution in [-0.4, -0.2) is 29.1 Å². The highest BCUT2D eigenvalue weighted by atomic mass is 35.5. The van der Waals surface area contributed by atoms with Crippen LogP contribution in [0, 0.1) is 5.92 Å². The van der Waals surface area contributed by atoms with Gasteiger partial charge in [0.25, 0.3) is 0 Å². The van der Waals surface area contributed by atoms with Crippen LogP contribution in [0.2, 0.25) is 5.02 Å². The summed E-state index contributed by atoms with van der Waals surface area (Å²) >= 11 is 6.31. The van der Waals surface area contributed by atoms with Gasteiger partial charge in [-0.05, 0) is 38.0 Å². The lowest BCUT2D eigenvalue weighted by Crippen LogP contribution is -2.29. The molecule has 5 heteroatoms. The third kappa shape index (κ3) is 3.30. The Kier molecular flexibility index (Phi) is 3.78. The van der Waals surface area contributed by atoms with E-state index < -0.39 is 0 Å². The van der Waals surface area contributed by atoms with Gasteiger partial charge in [-0.1, -0.05) is 18.5 Å². The first-order valence-corrected chi connectivity index (χ1v) is 7.68. The lowest BCUT2D eigenvalue weighted by molar-refractivity contribution is 0.708. The predicted molar refractivity (Wildman–Crippen MR) is 78.9 cm³/mol. The summed E-state index contributed by atoms with van der Waals surface area (Å²) in [5.74, 6) is 2.46. The van der Waals surface area contributed by atoms with Gasteiger partial charge in [-0.15, -0.1) is 0 Å². The fourth-order valence-corrected chi connectivity index (χ4v) is 2.45. The van der Waals surface area contributed by atoms with Crippen LogP contribution < -0.4 is 10.2 Å². The van der Waals surface area contributed by atoms with Crippen molar-refractivity contribution >= 4 is 23.4 Å². The minimum Gasteiger partial charge on any atom is -0.354 e. The van der Waals surface area contributed by atoms with Crippen molar-refractivity contribution in [3.8, 4) is 0 Å². The second-order valence-corrected chi connectivity index (χ2v) is 6.03. The van der Waals surface area contributed by atoms with Crippen molar-refractivity contribution in [1.29, 1.82) is 0 Å². The fraction of sp³-hybridized carbons (Fsp3) is 0.714. The molecule has 0 aromatic carbocycles. The molecule has 0 spiro atoms. The molecule has 0 unspecified atom stereocenters. The normalized spacial score (nSPS) is 18.4. The molecule has 1 aromatic rings. The van der Waals surface area contributed by atoms with E-state index in [1.54, 1.807) is 6.20 Å². The van der Waals surface area contributed by atoms with Crippen LogP contribution in [0.1, 0.15) is 39.0 Å². The van der Waals surface area contributed by atoms with Crippen LogP contribution in [-0.2, 0) is 0 Å². The zero-order valence-electron chi connectivity index (χ0n) is 11.4. The number of hydrogen-bond donors (Lipinski definition) is 1. The Morgan fingerprint density at radius 1 is 1.37 bits per heavy atom. The number of hydrogen-bond acceptors (Lipinski definition) is 4. The van der Waals surface area contributed by atoms with Gasteiger partial charge < -0.3 is 10.2 Å². The molecule has 1 heterocycles. The van der Waals surface area contributed by atoms with Gasteiger partial charge in [0.2, 0.25) is 5.95 Å².